The van der Waals surface area contributed by atoms with Crippen LogP contribution in [0.3, 0.4) is 0 Å². The molecule has 0 bridgehead atoms. The first-order chi connectivity index (χ1) is 9.67. The van der Waals surface area contributed by atoms with Crippen LogP contribution in [0, 0.1) is 5.92 Å². The average molecular weight is 271 g/mol. The molecule has 1 unspecified atom stereocenters. The molecule has 0 saturated heterocycles. The average Bonchev–Trinajstić information content (AvgIpc) is 2.89. The maximum Gasteiger partial charge on any atom is 0.310 e. The molecule has 1 aliphatic rings. The van der Waals surface area contributed by atoms with Crippen molar-refractivity contribution in [2.45, 2.75) is 19.4 Å². The number of nitrogen functional groups attached to an aromatic ring is 1. The number of nitrogens with two attached hydrogens (primary N) is 1. The van der Waals surface area contributed by atoms with Gasteiger partial charge in [-0.05, 0) is 18.6 Å². The van der Waals surface area contributed by atoms with Crippen LogP contribution >= 0.6 is 0 Å². The second kappa shape index (κ2) is 5.00. The molecule has 104 valence electrons. The van der Waals surface area contributed by atoms with Crippen LogP contribution in [0.25, 0.3) is 11.3 Å². The molecule has 1 atom stereocenters. The number of ether oxygens (including phenoxy) is 1. The van der Waals surface area contributed by atoms with E-state index in [2.05, 4.69) is 4.98 Å². The Hall–Kier alpha value is -2.30. The Bertz CT molecular complexity index is 648. The van der Waals surface area contributed by atoms with E-state index in [0.717, 1.165) is 35.6 Å². The molecular formula is C15H17N3O2. The van der Waals surface area contributed by atoms with Gasteiger partial charge in [-0.15, -0.1) is 0 Å². The van der Waals surface area contributed by atoms with Gasteiger partial charge < -0.3 is 15.0 Å². The third-order valence-corrected chi connectivity index (χ3v) is 3.71. The first-order valence-corrected chi connectivity index (χ1v) is 6.67. The standard InChI is InChI=1S/C15H17N3O2/c1-20-15(19)11-5-6-14-17-13(9-18(14)8-11)10-3-2-4-12(16)7-10/h2-4,7,9,11H,5-6,8,16H2,1H3. The lowest BCUT2D eigenvalue weighted by Gasteiger charge is -2.21. The van der Waals surface area contributed by atoms with E-state index in [1.54, 1.807) is 0 Å². The van der Waals surface area contributed by atoms with Crippen LogP contribution in [0.4, 0.5) is 5.69 Å². The van der Waals surface area contributed by atoms with E-state index in [4.69, 9.17) is 10.5 Å². The molecule has 1 aliphatic heterocycles. The topological polar surface area (TPSA) is 70.1 Å². The summed E-state index contributed by atoms with van der Waals surface area (Å²) in [6, 6.07) is 7.67. The lowest BCUT2D eigenvalue weighted by atomic mass is 10.00. The van der Waals surface area contributed by atoms with Crippen LogP contribution in [-0.2, 0) is 22.5 Å². The van der Waals surface area contributed by atoms with E-state index in [-0.39, 0.29) is 11.9 Å². The number of aromatic nitrogens is 2. The molecule has 1 aromatic heterocycles. The number of hydrogen-bond acceptors (Lipinski definition) is 4. The Balaban J connectivity index is 1.89. The maximum absolute atomic E-state index is 11.6. The summed E-state index contributed by atoms with van der Waals surface area (Å²) in [5.74, 6) is 0.799. The van der Waals surface area contributed by atoms with Crippen molar-refractivity contribution in [2.75, 3.05) is 12.8 Å². The zero-order valence-corrected chi connectivity index (χ0v) is 11.4. The molecule has 0 spiro atoms. The zero-order valence-electron chi connectivity index (χ0n) is 11.4. The van der Waals surface area contributed by atoms with Crippen LogP contribution < -0.4 is 5.73 Å². The van der Waals surface area contributed by atoms with E-state index in [0.29, 0.717) is 6.54 Å². The molecule has 2 N–H and O–H groups in total. The van der Waals surface area contributed by atoms with E-state index in [1.165, 1.54) is 7.11 Å². The Kier molecular flexibility index (Phi) is 3.18. The van der Waals surface area contributed by atoms with Gasteiger partial charge in [0.15, 0.2) is 0 Å². The van der Waals surface area contributed by atoms with Crippen LogP contribution in [0.15, 0.2) is 30.5 Å². The number of carbonyl (C=O) groups is 1. The first kappa shape index (κ1) is 12.7. The molecule has 0 fully saturated rings. The molecule has 0 amide bonds. The van der Waals surface area contributed by atoms with Crippen molar-refractivity contribution < 1.29 is 9.53 Å². The highest BCUT2D eigenvalue weighted by Gasteiger charge is 2.26. The number of imidazole rings is 1. The summed E-state index contributed by atoms with van der Waals surface area (Å²) in [6.45, 7) is 0.636. The van der Waals surface area contributed by atoms with Crippen molar-refractivity contribution >= 4 is 11.7 Å². The lowest BCUT2D eigenvalue weighted by Crippen LogP contribution is -2.27. The van der Waals surface area contributed by atoms with Crippen LogP contribution in [0.1, 0.15) is 12.2 Å². The molecule has 0 saturated carbocycles. The fraction of sp³-hybridized carbons (Fsp3) is 0.333. The first-order valence-electron chi connectivity index (χ1n) is 6.67. The fourth-order valence-electron chi connectivity index (χ4n) is 2.64. The summed E-state index contributed by atoms with van der Waals surface area (Å²) in [5, 5.41) is 0. The van der Waals surface area contributed by atoms with E-state index in [9.17, 15) is 4.79 Å². The Labute approximate surface area is 117 Å². The van der Waals surface area contributed by atoms with Crippen molar-refractivity contribution in [3.05, 3.63) is 36.3 Å². The molecular weight excluding hydrogens is 254 g/mol. The third-order valence-electron chi connectivity index (χ3n) is 3.71. The van der Waals surface area contributed by atoms with Crippen LogP contribution in [0.2, 0.25) is 0 Å². The van der Waals surface area contributed by atoms with Crippen molar-refractivity contribution in [3.63, 3.8) is 0 Å². The lowest BCUT2D eigenvalue weighted by molar-refractivity contribution is -0.146. The van der Waals surface area contributed by atoms with Gasteiger partial charge >= 0.3 is 5.97 Å². The van der Waals surface area contributed by atoms with Crippen molar-refractivity contribution in [1.29, 1.82) is 0 Å². The normalized spacial score (nSPS) is 17.6. The smallest absolute Gasteiger partial charge is 0.310 e. The highest BCUT2D eigenvalue weighted by atomic mass is 16.5. The molecule has 1 aromatic carbocycles. The van der Waals surface area contributed by atoms with Crippen LogP contribution in [0.5, 0.6) is 0 Å². The molecule has 20 heavy (non-hydrogen) atoms. The second-order valence-electron chi connectivity index (χ2n) is 5.08. The van der Waals surface area contributed by atoms with Crippen molar-refractivity contribution in [2.24, 2.45) is 5.92 Å². The molecule has 0 aliphatic carbocycles. The second-order valence-corrected chi connectivity index (χ2v) is 5.08. The fourth-order valence-corrected chi connectivity index (χ4v) is 2.64. The van der Waals surface area contributed by atoms with Gasteiger partial charge in [0.1, 0.15) is 5.82 Å². The van der Waals surface area contributed by atoms with Gasteiger partial charge in [-0.1, -0.05) is 12.1 Å². The van der Waals surface area contributed by atoms with Crippen LogP contribution in [-0.4, -0.2) is 22.6 Å². The number of nitrogens with zero attached hydrogens (tertiary/aromatic N) is 2. The van der Waals surface area contributed by atoms with E-state index >= 15 is 0 Å². The number of aryl methyl sites for hydroxylation is 1. The molecule has 5 heteroatoms. The molecule has 0 radical (unpaired) electrons. The minimum Gasteiger partial charge on any atom is -0.469 e. The SMILES string of the molecule is COC(=O)C1CCc2nc(-c3cccc(N)c3)cn2C1. The molecule has 3 rings (SSSR count). The minimum atomic E-state index is -0.144. The Morgan fingerprint density at radius 2 is 2.35 bits per heavy atom. The van der Waals surface area contributed by atoms with Gasteiger partial charge in [0, 0.05) is 30.4 Å². The summed E-state index contributed by atoms with van der Waals surface area (Å²) in [5.41, 5.74) is 8.43. The number of hydrogen-bond donors (Lipinski definition) is 1. The molecule has 2 heterocycles. The number of methoxy groups -OCH3 is 1. The molecule has 5 nitrogen and oxygen atoms in total. The number of fused-ring (bicyclic) bond motifs is 1. The predicted molar refractivity (Wildman–Crippen MR) is 75.9 cm³/mol. The van der Waals surface area contributed by atoms with Gasteiger partial charge in [0.05, 0.1) is 18.7 Å². The number of carbonyl (C=O) groups excluding carboxylic acids is 1. The summed E-state index contributed by atoms with van der Waals surface area (Å²) in [4.78, 5) is 16.3. The predicted octanol–water partition coefficient (Wildman–Crippen LogP) is 1.87. The van der Waals surface area contributed by atoms with Gasteiger partial charge in [-0.2, -0.15) is 0 Å². The van der Waals surface area contributed by atoms with E-state index < -0.39 is 0 Å². The minimum absolute atomic E-state index is 0.0737. The van der Waals surface area contributed by atoms with Gasteiger partial charge in [0.2, 0.25) is 0 Å². The number of esters is 1. The van der Waals surface area contributed by atoms with Gasteiger partial charge in [-0.3, -0.25) is 4.79 Å². The monoisotopic (exact) mass is 271 g/mol. The van der Waals surface area contributed by atoms with E-state index in [1.807, 2.05) is 35.0 Å². The largest absolute Gasteiger partial charge is 0.469 e. The quantitative estimate of drug-likeness (QED) is 0.668. The number of anilines is 1. The zero-order chi connectivity index (χ0) is 14.1. The number of benzene rings is 1. The number of rotatable bonds is 2. The highest BCUT2D eigenvalue weighted by molar-refractivity contribution is 5.72. The maximum atomic E-state index is 11.6. The summed E-state index contributed by atoms with van der Waals surface area (Å²) in [6.07, 6.45) is 3.57. The summed E-state index contributed by atoms with van der Waals surface area (Å²) >= 11 is 0. The Morgan fingerprint density at radius 1 is 1.50 bits per heavy atom. The molecule has 2 aromatic rings. The van der Waals surface area contributed by atoms with Crippen molar-refractivity contribution in [1.82, 2.24) is 9.55 Å². The summed E-state index contributed by atoms with van der Waals surface area (Å²) < 4.78 is 6.87. The third kappa shape index (κ3) is 2.27. The summed E-state index contributed by atoms with van der Waals surface area (Å²) in [7, 11) is 1.43. The Morgan fingerprint density at radius 3 is 3.10 bits per heavy atom. The highest BCUT2D eigenvalue weighted by Crippen LogP contribution is 2.26. The van der Waals surface area contributed by atoms with Gasteiger partial charge in [0.25, 0.3) is 0 Å². The van der Waals surface area contributed by atoms with Crippen molar-refractivity contribution in [3.8, 4) is 11.3 Å². The van der Waals surface area contributed by atoms with Gasteiger partial charge in [-0.25, -0.2) is 4.98 Å².